The summed E-state index contributed by atoms with van der Waals surface area (Å²) in [6.07, 6.45) is 0. The van der Waals surface area contributed by atoms with Gasteiger partial charge < -0.3 is 15.5 Å². The van der Waals surface area contributed by atoms with Crippen LogP contribution in [0.2, 0.25) is 0 Å². The normalized spacial score (nSPS) is 12.4. The number of hydrogen-bond acceptors (Lipinski definition) is 3. The highest BCUT2D eigenvalue weighted by molar-refractivity contribution is 5.89. The summed E-state index contributed by atoms with van der Waals surface area (Å²) in [5.41, 5.74) is 0.605. The van der Waals surface area contributed by atoms with Crippen LogP contribution in [0.4, 0.5) is 5.69 Å². The number of rotatable bonds is 6. The van der Waals surface area contributed by atoms with Gasteiger partial charge in [0.25, 0.3) is 0 Å². The quantitative estimate of drug-likeness (QED) is 0.842. The minimum Gasteiger partial charge on any atom is -0.373 e. The van der Waals surface area contributed by atoms with Crippen molar-refractivity contribution in [2.24, 2.45) is 5.41 Å². The van der Waals surface area contributed by atoms with Gasteiger partial charge in [-0.25, -0.2) is 0 Å². The molecule has 5 nitrogen and oxygen atoms in total. The Morgan fingerprint density at radius 1 is 1.18 bits per heavy atom. The Labute approximate surface area is 133 Å². The van der Waals surface area contributed by atoms with E-state index in [4.69, 9.17) is 0 Å². The van der Waals surface area contributed by atoms with E-state index in [1.54, 1.807) is 6.92 Å². The third-order valence-electron chi connectivity index (χ3n) is 3.37. The molecule has 0 bridgehead atoms. The van der Waals surface area contributed by atoms with E-state index in [0.717, 1.165) is 5.69 Å². The smallest absolute Gasteiger partial charge is 0.242 e. The van der Waals surface area contributed by atoms with Crippen molar-refractivity contribution in [3.05, 3.63) is 30.3 Å². The largest absolute Gasteiger partial charge is 0.373 e. The zero-order valence-corrected chi connectivity index (χ0v) is 14.1. The van der Waals surface area contributed by atoms with Crippen LogP contribution in [-0.2, 0) is 9.59 Å². The van der Waals surface area contributed by atoms with Crippen molar-refractivity contribution in [3.63, 3.8) is 0 Å². The van der Waals surface area contributed by atoms with Gasteiger partial charge in [0.15, 0.2) is 0 Å². The molecule has 122 valence electrons. The Balaban J connectivity index is 2.35. The maximum absolute atomic E-state index is 12.0. The van der Waals surface area contributed by atoms with Gasteiger partial charge in [-0.05, 0) is 19.1 Å². The SMILES string of the molecule is CC(NC(=O)C(C)(C)C)C(=O)NCCN(C)c1ccccc1. The van der Waals surface area contributed by atoms with E-state index < -0.39 is 11.5 Å². The van der Waals surface area contributed by atoms with Crippen molar-refractivity contribution in [3.8, 4) is 0 Å². The van der Waals surface area contributed by atoms with Crippen molar-refractivity contribution in [1.82, 2.24) is 10.6 Å². The van der Waals surface area contributed by atoms with Crippen LogP contribution in [0, 0.1) is 5.41 Å². The third-order valence-corrected chi connectivity index (χ3v) is 3.37. The fourth-order valence-corrected chi connectivity index (χ4v) is 1.79. The molecule has 5 heteroatoms. The maximum Gasteiger partial charge on any atom is 0.242 e. The van der Waals surface area contributed by atoms with Gasteiger partial charge in [0, 0.05) is 31.2 Å². The second-order valence-corrected chi connectivity index (χ2v) is 6.49. The van der Waals surface area contributed by atoms with Gasteiger partial charge in [0.2, 0.25) is 11.8 Å². The third kappa shape index (κ3) is 5.76. The first kappa shape index (κ1) is 18.0. The molecule has 1 rings (SSSR count). The predicted octanol–water partition coefficient (Wildman–Crippen LogP) is 1.79. The first-order chi connectivity index (χ1) is 10.2. The first-order valence-electron chi connectivity index (χ1n) is 7.56. The summed E-state index contributed by atoms with van der Waals surface area (Å²) in [6, 6.07) is 9.44. The fourth-order valence-electron chi connectivity index (χ4n) is 1.79. The number of likely N-dealkylation sites (N-methyl/N-ethyl adjacent to an activating group) is 1. The predicted molar refractivity (Wildman–Crippen MR) is 89.8 cm³/mol. The number of carbonyl (C=O) groups excluding carboxylic acids is 2. The van der Waals surface area contributed by atoms with E-state index in [1.165, 1.54) is 0 Å². The summed E-state index contributed by atoms with van der Waals surface area (Å²) >= 11 is 0. The molecule has 1 aromatic rings. The summed E-state index contributed by atoms with van der Waals surface area (Å²) in [4.78, 5) is 25.9. The van der Waals surface area contributed by atoms with Crippen molar-refractivity contribution < 1.29 is 9.59 Å². The van der Waals surface area contributed by atoms with Crippen molar-refractivity contribution in [2.45, 2.75) is 33.7 Å². The second kappa shape index (κ2) is 7.82. The molecule has 1 atom stereocenters. The van der Waals surface area contributed by atoms with Crippen LogP contribution in [0.5, 0.6) is 0 Å². The number of nitrogens with one attached hydrogen (secondary N) is 2. The van der Waals surface area contributed by atoms with E-state index >= 15 is 0 Å². The van der Waals surface area contributed by atoms with E-state index in [1.807, 2.05) is 58.2 Å². The number of nitrogens with zero attached hydrogens (tertiary/aromatic N) is 1. The molecule has 1 aromatic carbocycles. The average Bonchev–Trinajstić information content (AvgIpc) is 2.46. The number of anilines is 1. The van der Waals surface area contributed by atoms with E-state index in [9.17, 15) is 9.59 Å². The molecule has 22 heavy (non-hydrogen) atoms. The maximum atomic E-state index is 12.0. The van der Waals surface area contributed by atoms with Crippen LogP contribution in [0.1, 0.15) is 27.7 Å². The molecule has 2 amide bonds. The van der Waals surface area contributed by atoms with Gasteiger partial charge in [0.1, 0.15) is 6.04 Å². The van der Waals surface area contributed by atoms with E-state index in [2.05, 4.69) is 15.5 Å². The highest BCUT2D eigenvalue weighted by Gasteiger charge is 2.24. The van der Waals surface area contributed by atoms with Crippen LogP contribution in [0.25, 0.3) is 0 Å². The Bertz CT molecular complexity index is 494. The summed E-state index contributed by atoms with van der Waals surface area (Å²) in [6.45, 7) is 8.39. The lowest BCUT2D eigenvalue weighted by molar-refractivity contribution is -0.133. The van der Waals surface area contributed by atoms with Gasteiger partial charge in [-0.1, -0.05) is 39.0 Å². The number of amides is 2. The standard InChI is InChI=1S/C17H27N3O2/c1-13(19-16(22)17(2,3)4)15(21)18-11-12-20(5)14-9-7-6-8-10-14/h6-10,13H,11-12H2,1-5H3,(H,18,21)(H,19,22). The summed E-state index contributed by atoms with van der Waals surface area (Å²) < 4.78 is 0. The van der Waals surface area contributed by atoms with Crippen molar-refractivity contribution in [1.29, 1.82) is 0 Å². The summed E-state index contributed by atoms with van der Waals surface area (Å²) in [5.74, 6) is -0.296. The molecule has 0 radical (unpaired) electrons. The van der Waals surface area contributed by atoms with Gasteiger partial charge in [-0.2, -0.15) is 0 Å². The minimum atomic E-state index is -0.534. The molecule has 2 N–H and O–H groups in total. The molecule has 0 spiro atoms. The molecule has 0 aliphatic rings. The molecule has 0 aliphatic carbocycles. The molecule has 0 heterocycles. The Morgan fingerprint density at radius 3 is 2.32 bits per heavy atom. The Hall–Kier alpha value is -2.04. The van der Waals surface area contributed by atoms with Gasteiger partial charge in [-0.15, -0.1) is 0 Å². The highest BCUT2D eigenvalue weighted by atomic mass is 16.2. The van der Waals surface area contributed by atoms with Gasteiger partial charge in [-0.3, -0.25) is 9.59 Å². The summed E-state index contributed by atoms with van der Waals surface area (Å²) in [5, 5.41) is 5.57. The van der Waals surface area contributed by atoms with Crippen LogP contribution in [0.15, 0.2) is 30.3 Å². The average molecular weight is 305 g/mol. The zero-order chi connectivity index (χ0) is 16.8. The monoisotopic (exact) mass is 305 g/mol. The highest BCUT2D eigenvalue weighted by Crippen LogP contribution is 2.13. The van der Waals surface area contributed by atoms with Crippen molar-refractivity contribution in [2.75, 3.05) is 25.0 Å². The van der Waals surface area contributed by atoms with Crippen LogP contribution < -0.4 is 15.5 Å². The second-order valence-electron chi connectivity index (χ2n) is 6.49. The zero-order valence-electron chi connectivity index (χ0n) is 14.1. The number of hydrogen-bond donors (Lipinski definition) is 2. The molecule has 0 aromatic heterocycles. The Morgan fingerprint density at radius 2 is 1.77 bits per heavy atom. The molecular weight excluding hydrogens is 278 g/mol. The molecule has 0 saturated carbocycles. The molecule has 0 saturated heterocycles. The van der Waals surface area contributed by atoms with Crippen LogP contribution >= 0.6 is 0 Å². The Kier molecular flexibility index (Phi) is 6.40. The lowest BCUT2D eigenvalue weighted by Gasteiger charge is -2.22. The van der Waals surface area contributed by atoms with Gasteiger partial charge in [0.05, 0.1) is 0 Å². The molecule has 0 aliphatic heterocycles. The van der Waals surface area contributed by atoms with E-state index in [0.29, 0.717) is 13.1 Å². The number of para-hydroxylation sites is 1. The summed E-state index contributed by atoms with van der Waals surface area (Å²) in [7, 11) is 1.98. The van der Waals surface area contributed by atoms with Crippen molar-refractivity contribution >= 4 is 17.5 Å². The van der Waals surface area contributed by atoms with Gasteiger partial charge >= 0.3 is 0 Å². The van der Waals surface area contributed by atoms with Crippen LogP contribution in [-0.4, -0.2) is 38.0 Å². The van der Waals surface area contributed by atoms with E-state index in [-0.39, 0.29) is 11.8 Å². The topological polar surface area (TPSA) is 61.4 Å². The lowest BCUT2D eigenvalue weighted by atomic mass is 9.95. The first-order valence-corrected chi connectivity index (χ1v) is 7.56. The fraction of sp³-hybridized carbons (Fsp3) is 0.529. The van der Waals surface area contributed by atoms with Crippen LogP contribution in [0.3, 0.4) is 0 Å². The number of carbonyl (C=O) groups is 2. The minimum absolute atomic E-state index is 0.128. The lowest BCUT2D eigenvalue weighted by Crippen LogP contribution is -2.49. The molecule has 1 unspecified atom stereocenters. The molecular formula is C17H27N3O2. The number of benzene rings is 1. The molecule has 0 fully saturated rings.